The molecule has 0 aliphatic carbocycles. The third kappa shape index (κ3) is 1.85. The number of hydrogen-bond acceptors (Lipinski definition) is 5. The molecular formula is C15H10N4O2. The molecule has 0 amide bonds. The van der Waals surface area contributed by atoms with E-state index in [1.807, 2.05) is 40.9 Å². The third-order valence-corrected chi connectivity index (χ3v) is 3.30. The highest BCUT2D eigenvalue weighted by Crippen LogP contribution is 2.21. The van der Waals surface area contributed by atoms with Crippen LogP contribution >= 0.6 is 0 Å². The van der Waals surface area contributed by atoms with Gasteiger partial charge in [0.1, 0.15) is 28.6 Å². The Balaban J connectivity index is 2.01. The first kappa shape index (κ1) is 11.7. The molecule has 0 aliphatic rings. The van der Waals surface area contributed by atoms with E-state index in [0.717, 1.165) is 11.0 Å². The summed E-state index contributed by atoms with van der Waals surface area (Å²) in [6.07, 6.45) is 5.18. The summed E-state index contributed by atoms with van der Waals surface area (Å²) in [5, 5.41) is 13.7. The van der Waals surface area contributed by atoms with Gasteiger partial charge in [0.15, 0.2) is 5.76 Å². The lowest BCUT2D eigenvalue weighted by Crippen LogP contribution is -2.03. The Labute approximate surface area is 118 Å². The lowest BCUT2D eigenvalue weighted by atomic mass is 10.2. The highest BCUT2D eigenvalue weighted by atomic mass is 16.4. The van der Waals surface area contributed by atoms with Gasteiger partial charge in [-0.15, -0.1) is 0 Å². The molecule has 6 nitrogen and oxygen atoms in total. The molecule has 0 bridgehead atoms. The molecule has 0 aliphatic heterocycles. The van der Waals surface area contributed by atoms with Crippen LogP contribution < -0.4 is 5.36 Å². The zero-order valence-electron chi connectivity index (χ0n) is 10.8. The highest BCUT2D eigenvalue weighted by molar-refractivity contribution is 5.78. The van der Waals surface area contributed by atoms with Crippen molar-refractivity contribution in [3.63, 3.8) is 0 Å². The summed E-state index contributed by atoms with van der Waals surface area (Å²) in [7, 11) is 0. The Morgan fingerprint density at radius 3 is 2.95 bits per heavy atom. The maximum absolute atomic E-state index is 9.19. The van der Waals surface area contributed by atoms with Crippen LogP contribution in [0.4, 0.5) is 0 Å². The van der Waals surface area contributed by atoms with Gasteiger partial charge in [0.25, 0.3) is 0 Å². The van der Waals surface area contributed by atoms with Crippen LogP contribution in [0.5, 0.6) is 0 Å². The minimum Gasteiger partial charge on any atom is -0.454 e. The SMILES string of the molecule is O/N=c1/cc(-c2cc3nccn3cn2)oc2ccccc12. The smallest absolute Gasteiger partial charge is 0.155 e. The molecule has 0 saturated heterocycles. The van der Waals surface area contributed by atoms with E-state index in [1.165, 1.54) is 0 Å². The number of benzene rings is 1. The zero-order chi connectivity index (χ0) is 14.2. The largest absolute Gasteiger partial charge is 0.454 e. The molecule has 0 unspecified atom stereocenters. The van der Waals surface area contributed by atoms with Gasteiger partial charge in [0.05, 0.1) is 0 Å². The number of para-hydroxylation sites is 1. The van der Waals surface area contributed by atoms with Crippen LogP contribution in [-0.2, 0) is 0 Å². The Morgan fingerprint density at radius 1 is 1.14 bits per heavy atom. The second-order valence-electron chi connectivity index (χ2n) is 4.56. The van der Waals surface area contributed by atoms with Crippen molar-refractivity contribution in [2.45, 2.75) is 0 Å². The first-order valence-electron chi connectivity index (χ1n) is 6.35. The Bertz CT molecular complexity index is 1020. The Hall–Kier alpha value is -3.15. The molecule has 21 heavy (non-hydrogen) atoms. The van der Waals surface area contributed by atoms with Crippen molar-refractivity contribution in [1.29, 1.82) is 0 Å². The summed E-state index contributed by atoms with van der Waals surface area (Å²) < 4.78 is 7.65. The van der Waals surface area contributed by atoms with Crippen LogP contribution in [0.2, 0.25) is 0 Å². The maximum atomic E-state index is 9.19. The molecule has 0 saturated carbocycles. The number of imidazole rings is 1. The van der Waals surface area contributed by atoms with Gasteiger partial charge >= 0.3 is 0 Å². The van der Waals surface area contributed by atoms with Crippen molar-refractivity contribution >= 4 is 16.6 Å². The Morgan fingerprint density at radius 2 is 2.05 bits per heavy atom. The third-order valence-electron chi connectivity index (χ3n) is 3.30. The number of nitrogens with zero attached hydrogens (tertiary/aromatic N) is 4. The van der Waals surface area contributed by atoms with Crippen molar-refractivity contribution in [2.24, 2.45) is 5.16 Å². The van der Waals surface area contributed by atoms with E-state index in [-0.39, 0.29) is 0 Å². The fourth-order valence-corrected chi connectivity index (χ4v) is 2.28. The second-order valence-corrected chi connectivity index (χ2v) is 4.56. The maximum Gasteiger partial charge on any atom is 0.155 e. The van der Waals surface area contributed by atoms with Gasteiger partial charge in [-0.1, -0.05) is 17.3 Å². The molecular weight excluding hydrogens is 268 g/mol. The molecule has 1 N–H and O–H groups in total. The molecule has 4 rings (SSSR count). The summed E-state index contributed by atoms with van der Waals surface area (Å²) in [4.78, 5) is 8.56. The van der Waals surface area contributed by atoms with E-state index in [2.05, 4.69) is 15.1 Å². The topological polar surface area (TPSA) is 75.9 Å². The van der Waals surface area contributed by atoms with Crippen molar-refractivity contribution in [3.05, 3.63) is 60.5 Å². The molecule has 3 heterocycles. The van der Waals surface area contributed by atoms with Crippen molar-refractivity contribution in [2.75, 3.05) is 0 Å². The van der Waals surface area contributed by atoms with Crippen LogP contribution in [0.25, 0.3) is 28.1 Å². The molecule has 102 valence electrons. The monoisotopic (exact) mass is 278 g/mol. The molecule has 1 aromatic carbocycles. The fourth-order valence-electron chi connectivity index (χ4n) is 2.28. The van der Waals surface area contributed by atoms with Gasteiger partial charge in [-0.05, 0) is 12.1 Å². The van der Waals surface area contributed by atoms with Gasteiger partial charge in [0, 0.05) is 29.9 Å². The standard InChI is InChI=1S/C15H10N4O2/c20-18-11-7-14(21-13-4-2-1-3-10(11)13)12-8-15-16-5-6-19(15)9-17-12/h1-9,20H/b18-11-. The van der Waals surface area contributed by atoms with Gasteiger partial charge < -0.3 is 9.62 Å². The molecule has 0 atom stereocenters. The van der Waals surface area contributed by atoms with Gasteiger partial charge in [-0.3, -0.25) is 4.40 Å². The number of rotatable bonds is 1. The normalized spacial score (nSPS) is 12.3. The van der Waals surface area contributed by atoms with E-state index in [9.17, 15) is 5.21 Å². The van der Waals surface area contributed by atoms with Crippen LogP contribution in [0.3, 0.4) is 0 Å². The molecule has 0 spiro atoms. The summed E-state index contributed by atoms with van der Waals surface area (Å²) in [5.74, 6) is 0.520. The van der Waals surface area contributed by atoms with Crippen molar-refractivity contribution < 1.29 is 9.62 Å². The molecule has 0 fully saturated rings. The van der Waals surface area contributed by atoms with E-state index in [0.29, 0.717) is 22.4 Å². The van der Waals surface area contributed by atoms with E-state index >= 15 is 0 Å². The quantitative estimate of drug-likeness (QED) is 0.428. The predicted octanol–water partition coefficient (Wildman–Crippen LogP) is 2.43. The van der Waals surface area contributed by atoms with Gasteiger partial charge in [-0.25, -0.2) is 9.97 Å². The summed E-state index contributed by atoms with van der Waals surface area (Å²) in [6, 6.07) is 10.9. The van der Waals surface area contributed by atoms with Crippen LogP contribution in [0, 0.1) is 0 Å². The van der Waals surface area contributed by atoms with E-state index in [1.54, 1.807) is 18.6 Å². The second kappa shape index (κ2) is 4.45. The zero-order valence-corrected chi connectivity index (χ0v) is 10.8. The highest BCUT2D eigenvalue weighted by Gasteiger charge is 2.08. The first-order chi connectivity index (χ1) is 10.3. The first-order valence-corrected chi connectivity index (χ1v) is 6.35. The summed E-state index contributed by atoms with van der Waals surface area (Å²) >= 11 is 0. The van der Waals surface area contributed by atoms with Gasteiger partial charge in [-0.2, -0.15) is 0 Å². The lowest BCUT2D eigenvalue weighted by Gasteiger charge is -2.03. The lowest BCUT2D eigenvalue weighted by molar-refractivity contribution is 0.302. The number of aromatic nitrogens is 3. The molecule has 0 radical (unpaired) electrons. The van der Waals surface area contributed by atoms with E-state index in [4.69, 9.17) is 4.42 Å². The van der Waals surface area contributed by atoms with Crippen molar-refractivity contribution in [1.82, 2.24) is 14.4 Å². The van der Waals surface area contributed by atoms with Crippen LogP contribution in [0.1, 0.15) is 0 Å². The number of fused-ring (bicyclic) bond motifs is 2. The average molecular weight is 278 g/mol. The van der Waals surface area contributed by atoms with Gasteiger partial charge in [0.2, 0.25) is 0 Å². The molecule has 3 aromatic heterocycles. The predicted molar refractivity (Wildman–Crippen MR) is 75.5 cm³/mol. The Kier molecular flexibility index (Phi) is 2.47. The summed E-state index contributed by atoms with van der Waals surface area (Å²) in [6.45, 7) is 0. The van der Waals surface area contributed by atoms with E-state index < -0.39 is 0 Å². The number of hydrogen-bond donors (Lipinski definition) is 1. The minimum absolute atomic E-state index is 0.442. The molecule has 4 aromatic rings. The average Bonchev–Trinajstić information content (AvgIpc) is 3.01. The van der Waals surface area contributed by atoms with Crippen LogP contribution in [-0.4, -0.2) is 19.6 Å². The van der Waals surface area contributed by atoms with Crippen LogP contribution in [0.15, 0.2) is 64.7 Å². The molecule has 6 heteroatoms. The summed E-state index contributed by atoms with van der Waals surface area (Å²) in [5.41, 5.74) is 2.03. The fraction of sp³-hybridized carbons (Fsp3) is 0. The minimum atomic E-state index is 0.442. The van der Waals surface area contributed by atoms with Crippen molar-refractivity contribution in [3.8, 4) is 11.5 Å².